The molecule has 0 bridgehead atoms. The van der Waals surface area contributed by atoms with Crippen molar-refractivity contribution in [2.45, 2.75) is 11.3 Å². The van der Waals surface area contributed by atoms with Crippen LogP contribution in [0.2, 0.25) is 0 Å². The summed E-state index contributed by atoms with van der Waals surface area (Å²) in [6.07, 6.45) is 0.571. The molecule has 140 valence electrons. The molecular formula is C16H16F2N2O4S2. The number of nitrogens with one attached hydrogen (secondary N) is 1. The Balaban J connectivity index is 1.72. The van der Waals surface area contributed by atoms with Crippen LogP contribution < -0.4 is 9.03 Å². The summed E-state index contributed by atoms with van der Waals surface area (Å²) in [6.45, 7) is -0.229. The number of hydrogen-bond donors (Lipinski definition) is 1. The minimum Gasteiger partial charge on any atom is -0.270 e. The van der Waals surface area contributed by atoms with Crippen LogP contribution >= 0.6 is 0 Å². The summed E-state index contributed by atoms with van der Waals surface area (Å²) in [5.41, 5.74) is 1.46. The first-order valence-electron chi connectivity index (χ1n) is 7.74. The van der Waals surface area contributed by atoms with Crippen molar-refractivity contribution in [2.24, 2.45) is 0 Å². The first-order chi connectivity index (χ1) is 12.2. The van der Waals surface area contributed by atoms with E-state index in [9.17, 15) is 25.6 Å². The van der Waals surface area contributed by atoms with Gasteiger partial charge in [-0.1, -0.05) is 24.3 Å². The molecular weight excluding hydrogens is 386 g/mol. The van der Waals surface area contributed by atoms with E-state index in [1.165, 1.54) is 4.31 Å². The van der Waals surface area contributed by atoms with E-state index < -0.39 is 48.9 Å². The van der Waals surface area contributed by atoms with E-state index in [0.29, 0.717) is 12.1 Å². The van der Waals surface area contributed by atoms with E-state index in [1.807, 2.05) is 16.9 Å². The van der Waals surface area contributed by atoms with E-state index in [1.54, 1.807) is 12.1 Å². The van der Waals surface area contributed by atoms with Gasteiger partial charge in [-0.25, -0.2) is 30.3 Å². The van der Waals surface area contributed by atoms with Gasteiger partial charge >= 0.3 is 0 Å². The minimum atomic E-state index is -4.51. The zero-order valence-corrected chi connectivity index (χ0v) is 15.2. The molecule has 0 aliphatic carbocycles. The van der Waals surface area contributed by atoms with E-state index in [2.05, 4.69) is 0 Å². The van der Waals surface area contributed by atoms with Crippen molar-refractivity contribution in [3.8, 4) is 0 Å². The van der Waals surface area contributed by atoms with Gasteiger partial charge in [0, 0.05) is 13.1 Å². The summed E-state index contributed by atoms with van der Waals surface area (Å²) >= 11 is 0. The number of benzene rings is 2. The van der Waals surface area contributed by atoms with Gasteiger partial charge < -0.3 is 0 Å². The lowest BCUT2D eigenvalue weighted by Gasteiger charge is -2.19. The molecule has 0 aromatic heterocycles. The maximum Gasteiger partial charge on any atom is 0.246 e. The Morgan fingerprint density at radius 3 is 2.31 bits per heavy atom. The second kappa shape index (κ2) is 6.93. The first-order valence-corrected chi connectivity index (χ1v) is 10.8. The lowest BCUT2D eigenvalue weighted by molar-refractivity contribution is 0.514. The molecule has 0 unspecified atom stereocenters. The van der Waals surface area contributed by atoms with Crippen LogP contribution in [-0.4, -0.2) is 35.7 Å². The molecule has 10 heteroatoms. The van der Waals surface area contributed by atoms with E-state index in [0.717, 1.165) is 23.8 Å². The van der Waals surface area contributed by atoms with Gasteiger partial charge in [0.1, 0.15) is 11.6 Å². The number of hydrogen-bond acceptors (Lipinski definition) is 4. The molecule has 1 aliphatic rings. The number of halogens is 2. The van der Waals surface area contributed by atoms with Gasteiger partial charge in [-0.3, -0.25) is 4.31 Å². The molecule has 0 saturated carbocycles. The molecule has 2 aromatic carbocycles. The number of fused-ring (bicyclic) bond motifs is 1. The predicted molar refractivity (Wildman–Crippen MR) is 92.8 cm³/mol. The van der Waals surface area contributed by atoms with Crippen molar-refractivity contribution >= 4 is 25.7 Å². The second-order valence-electron chi connectivity index (χ2n) is 5.72. The van der Waals surface area contributed by atoms with Crippen LogP contribution in [-0.2, 0) is 26.5 Å². The fourth-order valence-corrected chi connectivity index (χ4v) is 5.55. The third-order valence-electron chi connectivity index (χ3n) is 4.02. The highest BCUT2D eigenvalue weighted by Crippen LogP contribution is 2.29. The van der Waals surface area contributed by atoms with Gasteiger partial charge in [-0.2, -0.15) is 0 Å². The van der Waals surface area contributed by atoms with E-state index in [4.69, 9.17) is 0 Å². The smallest absolute Gasteiger partial charge is 0.246 e. The fraction of sp³-hybridized carbons (Fsp3) is 0.250. The van der Waals surface area contributed by atoms with Gasteiger partial charge in [-0.15, -0.1) is 0 Å². The van der Waals surface area contributed by atoms with Gasteiger partial charge in [0.2, 0.25) is 20.0 Å². The summed E-state index contributed by atoms with van der Waals surface area (Å²) in [5, 5.41) is 0. The summed E-state index contributed by atoms with van der Waals surface area (Å²) in [6, 6.07) is 9.71. The monoisotopic (exact) mass is 402 g/mol. The van der Waals surface area contributed by atoms with E-state index in [-0.39, 0.29) is 6.54 Å². The Hall–Kier alpha value is -2.04. The third-order valence-corrected chi connectivity index (χ3v) is 7.30. The molecule has 1 heterocycles. The lowest BCUT2D eigenvalue weighted by Crippen LogP contribution is -2.37. The van der Waals surface area contributed by atoms with Crippen LogP contribution in [0, 0.1) is 11.6 Å². The molecule has 0 spiro atoms. The van der Waals surface area contributed by atoms with Gasteiger partial charge in [0.25, 0.3) is 0 Å². The highest BCUT2D eigenvalue weighted by atomic mass is 32.2. The first kappa shape index (κ1) is 18.7. The summed E-state index contributed by atoms with van der Waals surface area (Å²) < 4.78 is 79.6. The lowest BCUT2D eigenvalue weighted by atomic mass is 10.2. The molecule has 1 N–H and O–H groups in total. The number of para-hydroxylation sites is 1. The van der Waals surface area contributed by atoms with Crippen molar-refractivity contribution in [2.75, 3.05) is 23.1 Å². The molecule has 0 radical (unpaired) electrons. The third kappa shape index (κ3) is 3.57. The maximum absolute atomic E-state index is 13.6. The van der Waals surface area contributed by atoms with Crippen LogP contribution in [0.1, 0.15) is 5.56 Å². The molecule has 3 rings (SSSR count). The normalized spacial score (nSPS) is 14.5. The molecule has 2 aromatic rings. The summed E-state index contributed by atoms with van der Waals surface area (Å²) in [5.74, 6) is -3.01. The summed E-state index contributed by atoms with van der Waals surface area (Å²) in [4.78, 5) is -1.12. The van der Waals surface area contributed by atoms with Crippen LogP contribution in [0.4, 0.5) is 14.5 Å². The highest BCUT2D eigenvalue weighted by Gasteiger charge is 2.30. The molecule has 1 aliphatic heterocycles. The predicted octanol–water partition coefficient (Wildman–Crippen LogP) is 1.64. The zero-order valence-electron chi connectivity index (χ0n) is 13.5. The maximum atomic E-state index is 13.6. The Bertz CT molecular complexity index is 1020. The second-order valence-corrected chi connectivity index (χ2v) is 9.43. The molecule has 6 nitrogen and oxygen atoms in total. The van der Waals surface area contributed by atoms with Crippen LogP contribution in [0.15, 0.2) is 47.4 Å². The SMILES string of the molecule is O=S(=O)(NCCS(=O)(=O)N1CCc2ccccc21)c1c(F)cccc1F. The highest BCUT2D eigenvalue weighted by molar-refractivity contribution is 7.93. The van der Waals surface area contributed by atoms with Crippen molar-refractivity contribution in [1.82, 2.24) is 4.72 Å². The molecule has 0 amide bonds. The van der Waals surface area contributed by atoms with Gasteiger partial charge in [0.15, 0.2) is 4.90 Å². The Kier molecular flexibility index (Phi) is 5.00. The van der Waals surface area contributed by atoms with Crippen molar-refractivity contribution < 1.29 is 25.6 Å². The molecule has 0 saturated heterocycles. The van der Waals surface area contributed by atoms with E-state index >= 15 is 0 Å². The minimum absolute atomic E-state index is 0.274. The van der Waals surface area contributed by atoms with Crippen molar-refractivity contribution in [1.29, 1.82) is 0 Å². The van der Waals surface area contributed by atoms with Crippen LogP contribution in [0.3, 0.4) is 0 Å². The average molecular weight is 402 g/mol. The number of sulfonamides is 2. The van der Waals surface area contributed by atoms with Crippen LogP contribution in [0.5, 0.6) is 0 Å². The van der Waals surface area contributed by atoms with Crippen molar-refractivity contribution in [3.05, 3.63) is 59.7 Å². The largest absolute Gasteiger partial charge is 0.270 e. The van der Waals surface area contributed by atoms with Crippen LogP contribution in [0.25, 0.3) is 0 Å². The topological polar surface area (TPSA) is 83.5 Å². The Morgan fingerprint density at radius 1 is 0.962 bits per heavy atom. The van der Waals surface area contributed by atoms with Gasteiger partial charge in [-0.05, 0) is 30.2 Å². The Morgan fingerprint density at radius 2 is 1.62 bits per heavy atom. The molecule has 26 heavy (non-hydrogen) atoms. The quantitative estimate of drug-likeness (QED) is 0.796. The number of anilines is 1. The van der Waals surface area contributed by atoms with Crippen molar-refractivity contribution in [3.63, 3.8) is 0 Å². The molecule has 0 atom stereocenters. The standard InChI is InChI=1S/C16H16F2N2O4S2/c17-13-5-3-6-14(18)16(13)26(23,24)19-9-11-25(21,22)20-10-8-12-4-1-2-7-15(12)20/h1-7,19H,8-11H2. The fourth-order valence-electron chi connectivity index (χ4n) is 2.82. The average Bonchev–Trinajstić information content (AvgIpc) is 2.99. The number of rotatable bonds is 6. The molecule has 0 fully saturated rings. The van der Waals surface area contributed by atoms with Gasteiger partial charge in [0.05, 0.1) is 11.4 Å². The zero-order chi connectivity index (χ0) is 18.9. The summed E-state index contributed by atoms with van der Waals surface area (Å²) in [7, 11) is -8.29. The Labute approximate surface area is 150 Å². The number of nitrogens with zero attached hydrogens (tertiary/aromatic N) is 1.